The Balaban J connectivity index is 1.83. The number of amides is 1. The molecule has 3 rings (SSSR count). The maximum Gasteiger partial charge on any atom is 0.275 e. The number of nitrogens with zero attached hydrogens (tertiary/aromatic N) is 2. The van der Waals surface area contributed by atoms with Crippen molar-refractivity contribution in [1.29, 1.82) is 0 Å². The summed E-state index contributed by atoms with van der Waals surface area (Å²) in [6.45, 7) is 4.47. The third-order valence-corrected chi connectivity index (χ3v) is 5.27. The third-order valence-electron chi connectivity index (χ3n) is 3.95. The lowest BCUT2D eigenvalue weighted by atomic mass is 10.1. The molecule has 134 valence electrons. The summed E-state index contributed by atoms with van der Waals surface area (Å²) in [4.78, 5) is 26.6. The van der Waals surface area contributed by atoms with Gasteiger partial charge in [0.1, 0.15) is 0 Å². The summed E-state index contributed by atoms with van der Waals surface area (Å²) >= 11 is 1.64. The zero-order valence-corrected chi connectivity index (χ0v) is 15.2. The molecule has 3 N–H and O–H groups in total. The average Bonchev–Trinajstić information content (AvgIpc) is 3.03. The Bertz CT molecular complexity index is 997. The van der Waals surface area contributed by atoms with Gasteiger partial charge in [-0.25, -0.2) is 4.98 Å². The lowest BCUT2D eigenvalue weighted by molar-refractivity contribution is -0.385. The second-order valence-electron chi connectivity index (χ2n) is 6.21. The van der Waals surface area contributed by atoms with Crippen molar-refractivity contribution >= 4 is 38.8 Å². The molecule has 0 atom stereocenters. The number of carbonyl (C=O) groups excluding carboxylic acids is 1. The molecule has 0 aliphatic heterocycles. The number of thiazole rings is 1. The van der Waals surface area contributed by atoms with Crippen LogP contribution >= 0.6 is 11.3 Å². The summed E-state index contributed by atoms with van der Waals surface area (Å²) in [6.07, 6.45) is 0. The molecule has 26 heavy (non-hydrogen) atoms. The fourth-order valence-electron chi connectivity index (χ4n) is 2.53. The van der Waals surface area contributed by atoms with E-state index in [1.807, 2.05) is 18.2 Å². The highest BCUT2D eigenvalue weighted by molar-refractivity contribution is 7.18. The van der Waals surface area contributed by atoms with E-state index in [9.17, 15) is 14.9 Å². The van der Waals surface area contributed by atoms with E-state index in [-0.39, 0.29) is 17.8 Å². The minimum absolute atomic E-state index is 0.118. The van der Waals surface area contributed by atoms with Gasteiger partial charge in [-0.2, -0.15) is 0 Å². The molecule has 7 nitrogen and oxygen atoms in total. The molecule has 0 saturated heterocycles. The Morgan fingerprint density at radius 1 is 1.31 bits per heavy atom. The summed E-state index contributed by atoms with van der Waals surface area (Å²) < 4.78 is 1.07. The largest absolute Gasteiger partial charge is 0.381 e. The Morgan fingerprint density at radius 3 is 2.73 bits per heavy atom. The van der Waals surface area contributed by atoms with E-state index in [4.69, 9.17) is 5.73 Å². The van der Waals surface area contributed by atoms with Crippen molar-refractivity contribution in [1.82, 2.24) is 4.98 Å². The van der Waals surface area contributed by atoms with Crippen molar-refractivity contribution in [3.63, 3.8) is 0 Å². The molecular formula is C18H18N4O3S. The van der Waals surface area contributed by atoms with Gasteiger partial charge in [-0.15, -0.1) is 11.3 Å². The predicted octanol–water partition coefficient (Wildman–Crippen LogP) is 4.04. The number of anilines is 1. The van der Waals surface area contributed by atoms with Crippen LogP contribution in [0.1, 0.15) is 40.7 Å². The van der Waals surface area contributed by atoms with E-state index in [1.54, 1.807) is 17.4 Å². The fraction of sp³-hybridized carbons (Fsp3) is 0.222. The number of nitrogens with two attached hydrogens (primary N) is 1. The predicted molar refractivity (Wildman–Crippen MR) is 103 cm³/mol. The van der Waals surface area contributed by atoms with E-state index >= 15 is 0 Å². The van der Waals surface area contributed by atoms with Crippen LogP contribution in [0, 0.1) is 10.1 Å². The summed E-state index contributed by atoms with van der Waals surface area (Å²) in [5.41, 5.74) is 7.46. The second kappa shape index (κ2) is 7.09. The molecule has 0 radical (unpaired) electrons. The summed E-state index contributed by atoms with van der Waals surface area (Å²) in [5.74, 6) is -0.320. The molecule has 3 aromatic rings. The third kappa shape index (κ3) is 3.65. The van der Waals surface area contributed by atoms with Gasteiger partial charge in [0, 0.05) is 35.3 Å². The summed E-state index contributed by atoms with van der Waals surface area (Å²) in [6, 6.07) is 10.1. The number of benzene rings is 2. The number of fused-ring (bicyclic) bond motifs is 1. The van der Waals surface area contributed by atoms with Crippen LogP contribution in [0.5, 0.6) is 0 Å². The molecule has 0 saturated carbocycles. The van der Waals surface area contributed by atoms with Crippen LogP contribution in [0.4, 0.5) is 11.4 Å². The Hall–Kier alpha value is -3.00. The lowest BCUT2D eigenvalue weighted by Gasteiger charge is -2.08. The summed E-state index contributed by atoms with van der Waals surface area (Å²) in [7, 11) is 0. The Kier molecular flexibility index (Phi) is 4.85. The fourth-order valence-corrected chi connectivity index (χ4v) is 3.54. The van der Waals surface area contributed by atoms with Crippen molar-refractivity contribution in [3.05, 3.63) is 62.6 Å². The van der Waals surface area contributed by atoms with E-state index in [0.717, 1.165) is 20.9 Å². The van der Waals surface area contributed by atoms with Gasteiger partial charge in [-0.1, -0.05) is 13.8 Å². The quantitative estimate of drug-likeness (QED) is 0.502. The second-order valence-corrected chi connectivity index (χ2v) is 7.27. The molecule has 2 aromatic carbocycles. The van der Waals surface area contributed by atoms with E-state index in [2.05, 4.69) is 24.1 Å². The highest BCUT2D eigenvalue weighted by atomic mass is 32.1. The highest BCUT2D eigenvalue weighted by Gasteiger charge is 2.16. The number of primary amides is 1. The molecule has 0 aliphatic rings. The molecule has 1 amide bonds. The van der Waals surface area contributed by atoms with Gasteiger partial charge in [-0.05, 0) is 30.3 Å². The maximum absolute atomic E-state index is 11.3. The molecule has 0 unspecified atom stereocenters. The minimum atomic E-state index is -0.691. The number of hydrogen-bond acceptors (Lipinski definition) is 6. The monoisotopic (exact) mass is 370 g/mol. The molecule has 1 aromatic heterocycles. The minimum Gasteiger partial charge on any atom is -0.381 e. The van der Waals surface area contributed by atoms with Crippen LogP contribution in [-0.2, 0) is 6.54 Å². The standard InChI is InChI=1S/C18H18N4O3S/c1-10(2)18-21-14-6-5-13(8-16(14)26-18)20-9-12-4-3-11(17(19)23)7-15(12)22(24)25/h3-8,10,20H,9H2,1-2H3,(H2,19,23). The van der Waals surface area contributed by atoms with E-state index in [0.29, 0.717) is 11.5 Å². The van der Waals surface area contributed by atoms with Crippen molar-refractivity contribution in [2.45, 2.75) is 26.3 Å². The van der Waals surface area contributed by atoms with Gasteiger partial charge >= 0.3 is 0 Å². The van der Waals surface area contributed by atoms with Crippen molar-refractivity contribution in [2.75, 3.05) is 5.32 Å². The molecule has 0 spiro atoms. The van der Waals surface area contributed by atoms with Crippen LogP contribution in [0.3, 0.4) is 0 Å². The van der Waals surface area contributed by atoms with Crippen LogP contribution in [-0.4, -0.2) is 15.8 Å². The number of aromatic nitrogens is 1. The van der Waals surface area contributed by atoms with Crippen LogP contribution in [0.15, 0.2) is 36.4 Å². The van der Waals surface area contributed by atoms with E-state index < -0.39 is 10.8 Å². The lowest BCUT2D eigenvalue weighted by Crippen LogP contribution is -2.12. The molecule has 1 heterocycles. The van der Waals surface area contributed by atoms with Gasteiger partial charge < -0.3 is 11.1 Å². The van der Waals surface area contributed by atoms with Gasteiger partial charge in [0.05, 0.1) is 20.1 Å². The van der Waals surface area contributed by atoms with Crippen LogP contribution in [0.25, 0.3) is 10.2 Å². The first kappa shape index (κ1) is 17.8. The van der Waals surface area contributed by atoms with Crippen LogP contribution in [0.2, 0.25) is 0 Å². The number of nitro benzene ring substituents is 1. The van der Waals surface area contributed by atoms with Crippen molar-refractivity contribution in [2.24, 2.45) is 5.73 Å². The Labute approximate surface area is 154 Å². The molecular weight excluding hydrogens is 352 g/mol. The average molecular weight is 370 g/mol. The van der Waals surface area contributed by atoms with Crippen LogP contribution < -0.4 is 11.1 Å². The first-order valence-electron chi connectivity index (χ1n) is 8.06. The highest BCUT2D eigenvalue weighted by Crippen LogP contribution is 2.30. The van der Waals surface area contributed by atoms with Gasteiger partial charge in [0.2, 0.25) is 5.91 Å². The first-order valence-corrected chi connectivity index (χ1v) is 8.88. The number of nitro groups is 1. The molecule has 0 bridgehead atoms. The maximum atomic E-state index is 11.3. The number of nitrogens with one attached hydrogen (secondary N) is 1. The van der Waals surface area contributed by atoms with Gasteiger partial charge in [0.15, 0.2) is 0 Å². The number of hydrogen-bond donors (Lipinski definition) is 2. The first-order chi connectivity index (χ1) is 12.3. The molecule has 0 aliphatic carbocycles. The smallest absolute Gasteiger partial charge is 0.275 e. The SMILES string of the molecule is CC(C)c1nc2ccc(NCc3ccc(C(N)=O)cc3[N+](=O)[O-])cc2s1. The zero-order chi connectivity index (χ0) is 18.8. The van der Waals surface area contributed by atoms with Crippen molar-refractivity contribution < 1.29 is 9.72 Å². The Morgan fingerprint density at radius 2 is 2.08 bits per heavy atom. The van der Waals surface area contributed by atoms with Gasteiger partial charge in [-0.3, -0.25) is 14.9 Å². The molecule has 0 fully saturated rings. The van der Waals surface area contributed by atoms with Crippen molar-refractivity contribution in [3.8, 4) is 0 Å². The number of carbonyl (C=O) groups is 1. The van der Waals surface area contributed by atoms with Gasteiger partial charge in [0.25, 0.3) is 5.69 Å². The van der Waals surface area contributed by atoms with E-state index in [1.165, 1.54) is 12.1 Å². The zero-order valence-electron chi connectivity index (χ0n) is 14.4. The molecule has 8 heteroatoms. The number of rotatable bonds is 6. The topological polar surface area (TPSA) is 111 Å². The normalized spacial score (nSPS) is 11.0. The summed E-state index contributed by atoms with van der Waals surface area (Å²) in [5, 5.41) is 15.5.